The molecule has 2 aromatic carbocycles. The highest BCUT2D eigenvalue weighted by molar-refractivity contribution is 5.98. The standard InChI is InChI=1S/C15H12N2O4/c1-9-3-2-4-12-13(9)21-15(16-14(12)18)10-5-7-11(8-6-10)17(19)20/h2-8,15H,1H3,(H,16,18). The van der Waals surface area contributed by atoms with Gasteiger partial charge < -0.3 is 10.1 Å². The van der Waals surface area contributed by atoms with Gasteiger partial charge in [-0.15, -0.1) is 0 Å². The van der Waals surface area contributed by atoms with Crippen LogP contribution >= 0.6 is 0 Å². The van der Waals surface area contributed by atoms with Crippen molar-refractivity contribution in [1.82, 2.24) is 5.32 Å². The maximum atomic E-state index is 12.1. The van der Waals surface area contributed by atoms with Gasteiger partial charge in [-0.2, -0.15) is 0 Å². The van der Waals surface area contributed by atoms with Crippen LogP contribution < -0.4 is 10.1 Å². The van der Waals surface area contributed by atoms with Crippen molar-refractivity contribution < 1.29 is 14.5 Å². The van der Waals surface area contributed by atoms with Crippen LogP contribution in [0.15, 0.2) is 42.5 Å². The highest BCUT2D eigenvalue weighted by Gasteiger charge is 2.27. The topological polar surface area (TPSA) is 81.5 Å². The second-order valence-corrected chi connectivity index (χ2v) is 4.77. The number of carbonyl (C=O) groups is 1. The third-order valence-electron chi connectivity index (χ3n) is 3.36. The van der Waals surface area contributed by atoms with Gasteiger partial charge in [-0.25, -0.2) is 0 Å². The van der Waals surface area contributed by atoms with Gasteiger partial charge in [0.25, 0.3) is 11.6 Å². The average molecular weight is 284 g/mol. The Kier molecular flexibility index (Phi) is 3.06. The highest BCUT2D eigenvalue weighted by atomic mass is 16.6. The number of rotatable bonds is 2. The molecule has 1 aliphatic heterocycles. The van der Waals surface area contributed by atoms with Crippen molar-refractivity contribution in [2.24, 2.45) is 0 Å². The van der Waals surface area contributed by atoms with Gasteiger partial charge in [0, 0.05) is 17.7 Å². The number of para-hydroxylation sites is 1. The Hall–Kier alpha value is -2.89. The van der Waals surface area contributed by atoms with Gasteiger partial charge in [0.2, 0.25) is 0 Å². The van der Waals surface area contributed by atoms with Crippen molar-refractivity contribution in [3.8, 4) is 5.75 Å². The molecule has 0 radical (unpaired) electrons. The molecule has 0 bridgehead atoms. The fourth-order valence-electron chi connectivity index (χ4n) is 2.25. The predicted molar refractivity (Wildman–Crippen MR) is 75.1 cm³/mol. The quantitative estimate of drug-likeness (QED) is 0.679. The first kappa shape index (κ1) is 13.1. The number of benzene rings is 2. The van der Waals surface area contributed by atoms with Crippen molar-refractivity contribution in [2.75, 3.05) is 0 Å². The van der Waals surface area contributed by atoms with E-state index in [2.05, 4.69) is 5.32 Å². The second-order valence-electron chi connectivity index (χ2n) is 4.77. The summed E-state index contributed by atoms with van der Waals surface area (Å²) >= 11 is 0. The molecule has 0 spiro atoms. The van der Waals surface area contributed by atoms with Gasteiger partial charge in [-0.05, 0) is 30.7 Å². The van der Waals surface area contributed by atoms with E-state index < -0.39 is 11.2 Å². The monoisotopic (exact) mass is 284 g/mol. The molecule has 1 N–H and O–H groups in total. The smallest absolute Gasteiger partial charge is 0.269 e. The molecule has 0 saturated heterocycles. The molecule has 6 heteroatoms. The van der Waals surface area contributed by atoms with Crippen LogP contribution in [0, 0.1) is 17.0 Å². The molecule has 1 amide bonds. The Morgan fingerprint density at radius 2 is 1.90 bits per heavy atom. The molecule has 6 nitrogen and oxygen atoms in total. The van der Waals surface area contributed by atoms with Gasteiger partial charge in [-0.3, -0.25) is 14.9 Å². The summed E-state index contributed by atoms with van der Waals surface area (Å²) in [7, 11) is 0. The summed E-state index contributed by atoms with van der Waals surface area (Å²) in [6.45, 7) is 1.87. The number of nitro groups is 1. The lowest BCUT2D eigenvalue weighted by molar-refractivity contribution is -0.384. The molecular formula is C15H12N2O4. The maximum absolute atomic E-state index is 12.1. The van der Waals surface area contributed by atoms with Crippen LogP contribution in [-0.2, 0) is 0 Å². The molecule has 21 heavy (non-hydrogen) atoms. The average Bonchev–Trinajstić information content (AvgIpc) is 2.48. The lowest BCUT2D eigenvalue weighted by atomic mass is 10.1. The van der Waals surface area contributed by atoms with Crippen LogP contribution in [0.3, 0.4) is 0 Å². The summed E-state index contributed by atoms with van der Waals surface area (Å²) in [5.41, 5.74) is 2.02. The van der Waals surface area contributed by atoms with Crippen molar-refractivity contribution >= 4 is 11.6 Å². The molecule has 2 aromatic rings. The number of nitrogens with one attached hydrogen (secondary N) is 1. The molecule has 0 fully saturated rings. The number of amides is 1. The van der Waals surface area contributed by atoms with Gasteiger partial charge in [0.05, 0.1) is 10.5 Å². The summed E-state index contributed by atoms with van der Waals surface area (Å²) in [6.07, 6.45) is -0.646. The van der Waals surface area contributed by atoms with E-state index >= 15 is 0 Å². The maximum Gasteiger partial charge on any atom is 0.269 e. The molecule has 1 heterocycles. The normalized spacial score (nSPS) is 16.6. The molecule has 0 aliphatic carbocycles. The molecule has 0 saturated carbocycles. The van der Waals surface area contributed by atoms with Crippen molar-refractivity contribution in [2.45, 2.75) is 13.2 Å². The number of aryl methyl sites for hydroxylation is 1. The van der Waals surface area contributed by atoms with Gasteiger partial charge >= 0.3 is 0 Å². The van der Waals surface area contributed by atoms with E-state index in [9.17, 15) is 14.9 Å². The zero-order valence-electron chi connectivity index (χ0n) is 11.2. The molecular weight excluding hydrogens is 272 g/mol. The fourth-order valence-corrected chi connectivity index (χ4v) is 2.25. The first-order valence-electron chi connectivity index (χ1n) is 6.38. The highest BCUT2D eigenvalue weighted by Crippen LogP contribution is 2.32. The van der Waals surface area contributed by atoms with E-state index in [1.807, 2.05) is 13.0 Å². The molecule has 3 rings (SSSR count). The van der Waals surface area contributed by atoms with E-state index in [0.29, 0.717) is 16.9 Å². The minimum atomic E-state index is -0.646. The Morgan fingerprint density at radius 1 is 1.19 bits per heavy atom. The zero-order chi connectivity index (χ0) is 15.0. The van der Waals surface area contributed by atoms with Crippen LogP contribution in [0.4, 0.5) is 5.69 Å². The summed E-state index contributed by atoms with van der Waals surface area (Å²) in [5, 5.41) is 13.4. The van der Waals surface area contributed by atoms with E-state index in [1.165, 1.54) is 12.1 Å². The fraction of sp³-hybridized carbons (Fsp3) is 0.133. The van der Waals surface area contributed by atoms with Crippen LogP contribution in [0.5, 0.6) is 5.75 Å². The lowest BCUT2D eigenvalue weighted by Gasteiger charge is -2.28. The summed E-state index contributed by atoms with van der Waals surface area (Å²) in [6, 6.07) is 11.3. The molecule has 106 valence electrons. The number of ether oxygens (including phenoxy) is 1. The number of non-ortho nitro benzene ring substituents is 1. The van der Waals surface area contributed by atoms with Crippen LogP contribution in [-0.4, -0.2) is 10.8 Å². The number of carbonyl (C=O) groups excluding carboxylic acids is 1. The molecule has 0 aromatic heterocycles. The van der Waals surface area contributed by atoms with E-state index in [-0.39, 0.29) is 11.6 Å². The van der Waals surface area contributed by atoms with Crippen molar-refractivity contribution in [3.05, 3.63) is 69.3 Å². The summed E-state index contributed by atoms with van der Waals surface area (Å²) < 4.78 is 5.82. The van der Waals surface area contributed by atoms with Crippen LogP contribution in [0.1, 0.15) is 27.7 Å². The van der Waals surface area contributed by atoms with E-state index in [1.54, 1.807) is 24.3 Å². The number of hydrogen-bond donors (Lipinski definition) is 1. The summed E-state index contributed by atoms with van der Waals surface area (Å²) in [5.74, 6) is 0.327. The van der Waals surface area contributed by atoms with Crippen molar-refractivity contribution in [3.63, 3.8) is 0 Å². The first-order valence-corrected chi connectivity index (χ1v) is 6.38. The largest absolute Gasteiger partial charge is 0.465 e. The number of nitro benzene ring substituents is 1. The Morgan fingerprint density at radius 3 is 2.57 bits per heavy atom. The Bertz CT molecular complexity index is 725. The Balaban J connectivity index is 1.93. The van der Waals surface area contributed by atoms with Crippen molar-refractivity contribution in [1.29, 1.82) is 0 Å². The lowest BCUT2D eigenvalue weighted by Crippen LogP contribution is -2.37. The molecule has 1 atom stereocenters. The Labute approximate surface area is 120 Å². The van der Waals surface area contributed by atoms with Gasteiger partial charge in [0.1, 0.15) is 5.75 Å². The third kappa shape index (κ3) is 2.31. The van der Waals surface area contributed by atoms with Crippen LogP contribution in [0.25, 0.3) is 0 Å². The molecule has 1 aliphatic rings. The third-order valence-corrected chi connectivity index (χ3v) is 3.36. The number of nitrogens with zero attached hydrogens (tertiary/aromatic N) is 1. The minimum absolute atomic E-state index is 0.00235. The minimum Gasteiger partial charge on any atom is -0.465 e. The van der Waals surface area contributed by atoms with E-state index in [4.69, 9.17) is 4.74 Å². The zero-order valence-corrected chi connectivity index (χ0v) is 11.2. The van der Waals surface area contributed by atoms with Crippen LogP contribution in [0.2, 0.25) is 0 Å². The van der Waals surface area contributed by atoms with Gasteiger partial charge in [0.15, 0.2) is 6.23 Å². The van der Waals surface area contributed by atoms with E-state index in [0.717, 1.165) is 5.56 Å². The van der Waals surface area contributed by atoms with Gasteiger partial charge in [-0.1, -0.05) is 12.1 Å². The molecule has 1 unspecified atom stereocenters. The predicted octanol–water partition coefficient (Wildman–Crippen LogP) is 2.72. The summed E-state index contributed by atoms with van der Waals surface area (Å²) in [4.78, 5) is 22.3. The number of hydrogen-bond acceptors (Lipinski definition) is 4. The number of fused-ring (bicyclic) bond motifs is 1. The second kappa shape index (κ2) is 4.90. The first-order chi connectivity index (χ1) is 10.1. The SMILES string of the molecule is Cc1cccc2c1OC(c1ccc([N+](=O)[O-])cc1)NC2=O.